The van der Waals surface area contributed by atoms with E-state index in [1.54, 1.807) is 0 Å². The van der Waals surface area contributed by atoms with Gasteiger partial charge in [0.1, 0.15) is 0 Å². The zero-order valence-electron chi connectivity index (χ0n) is 13.8. The van der Waals surface area contributed by atoms with Crippen LogP contribution in [-0.4, -0.2) is 8.97 Å². The molecule has 0 atom stereocenters. The lowest BCUT2D eigenvalue weighted by Gasteiger charge is -2.07. The highest BCUT2D eigenvalue weighted by atomic mass is 15.1. The smallest absolute Gasteiger partial charge is 0.243 e. The van der Waals surface area contributed by atoms with Crippen LogP contribution in [0.2, 0.25) is 0 Å². The Balaban J connectivity index is 1.96. The maximum Gasteiger partial charge on any atom is 0.243 e. The van der Waals surface area contributed by atoms with Crippen LogP contribution < -0.4 is 4.57 Å². The number of hydrogen-bond acceptors (Lipinski definition) is 0. The summed E-state index contributed by atoms with van der Waals surface area (Å²) in [6, 6.07) is 21.8. The fraction of sp³-hybridized carbons (Fsp3) is 0.0455. The lowest BCUT2D eigenvalue weighted by molar-refractivity contribution is -0.674. The van der Waals surface area contributed by atoms with E-state index in [1.165, 1.54) is 38.1 Å². The van der Waals surface area contributed by atoms with E-state index in [-0.39, 0.29) is 0 Å². The van der Waals surface area contributed by atoms with Gasteiger partial charge in [-0.1, -0.05) is 54.6 Å². The minimum atomic E-state index is 1.15. The highest BCUT2D eigenvalue weighted by Gasteiger charge is 2.18. The van der Waals surface area contributed by atoms with Crippen LogP contribution in [0, 0.1) is 6.33 Å². The predicted molar refractivity (Wildman–Crippen MR) is 100 cm³/mol. The maximum atomic E-state index is 3.34. The van der Waals surface area contributed by atoms with Crippen LogP contribution in [-0.2, 0) is 7.05 Å². The van der Waals surface area contributed by atoms with Crippen molar-refractivity contribution < 1.29 is 4.57 Å². The van der Waals surface area contributed by atoms with Crippen LogP contribution in [0.5, 0.6) is 0 Å². The van der Waals surface area contributed by atoms with Gasteiger partial charge in [0.05, 0.1) is 29.3 Å². The zero-order valence-corrected chi connectivity index (χ0v) is 13.8. The monoisotopic (exact) mass is 321 g/mol. The first-order valence-corrected chi connectivity index (χ1v) is 8.45. The second-order valence-corrected chi connectivity index (χ2v) is 6.61. The largest absolute Gasteiger partial charge is 0.324 e. The van der Waals surface area contributed by atoms with Crippen LogP contribution in [0.3, 0.4) is 0 Å². The first-order chi connectivity index (χ1) is 12.3. The summed E-state index contributed by atoms with van der Waals surface area (Å²) in [5.74, 6) is 0. The van der Waals surface area contributed by atoms with Gasteiger partial charge in [-0.25, -0.2) is 0 Å². The Morgan fingerprint density at radius 3 is 2.24 bits per heavy atom. The van der Waals surface area contributed by atoms with Crippen LogP contribution in [0.25, 0.3) is 43.8 Å². The van der Waals surface area contributed by atoms with E-state index in [0.717, 1.165) is 5.69 Å². The summed E-state index contributed by atoms with van der Waals surface area (Å²) in [4.78, 5) is 0. The average Bonchev–Trinajstić information content (AvgIpc) is 3.32. The van der Waals surface area contributed by atoms with Crippen molar-refractivity contribution in [3.8, 4) is 5.69 Å². The Bertz CT molecular complexity index is 1400. The first kappa shape index (κ1) is 13.0. The molecule has 6 aromatic rings. The van der Waals surface area contributed by atoms with Crippen molar-refractivity contribution >= 4 is 38.1 Å². The fourth-order valence-electron chi connectivity index (χ4n) is 4.18. The topological polar surface area (TPSA) is 13.2 Å². The molecular weight excluding hydrogens is 306 g/mol. The molecule has 0 fully saturated rings. The van der Waals surface area contributed by atoms with E-state index in [4.69, 9.17) is 0 Å². The number of fused-ring (bicyclic) bond motifs is 6. The van der Waals surface area contributed by atoms with Gasteiger partial charge in [-0.05, 0) is 6.07 Å². The van der Waals surface area contributed by atoms with Crippen molar-refractivity contribution in [3.05, 3.63) is 79.4 Å². The first-order valence-electron chi connectivity index (χ1n) is 8.45. The van der Waals surface area contributed by atoms with Crippen molar-refractivity contribution in [1.29, 1.82) is 0 Å². The van der Waals surface area contributed by atoms with Crippen LogP contribution in [0.15, 0.2) is 73.1 Å². The molecule has 0 aliphatic carbocycles. The normalized spacial score (nSPS) is 12.2. The molecule has 3 nitrogen and oxygen atoms in total. The Morgan fingerprint density at radius 2 is 1.44 bits per heavy atom. The van der Waals surface area contributed by atoms with Crippen LogP contribution in [0.1, 0.15) is 0 Å². The lowest BCUT2D eigenvalue weighted by atomic mass is 10.1. The van der Waals surface area contributed by atoms with Gasteiger partial charge >= 0.3 is 0 Å². The van der Waals surface area contributed by atoms with E-state index >= 15 is 0 Å². The van der Waals surface area contributed by atoms with E-state index in [2.05, 4.69) is 82.2 Å². The molecule has 3 aromatic heterocycles. The summed E-state index contributed by atoms with van der Waals surface area (Å²) in [6.45, 7) is 0. The third-order valence-corrected chi connectivity index (χ3v) is 5.19. The standard InChI is InChI=1S/C22H15N3/c1-23-12-13-24(14-23)20-11-5-9-18-17-8-4-7-16-15-6-2-3-10-19(15)25(21(16)17)22(18)20/h2-13H,1H3. The third-order valence-electron chi connectivity index (χ3n) is 5.19. The summed E-state index contributed by atoms with van der Waals surface area (Å²) in [5, 5.41) is 5.22. The highest BCUT2D eigenvalue weighted by molar-refractivity contribution is 6.24. The summed E-state index contributed by atoms with van der Waals surface area (Å²) in [5.41, 5.74) is 4.95. The number of hydrogen-bond donors (Lipinski definition) is 0. The Kier molecular flexibility index (Phi) is 2.29. The molecule has 0 N–H and O–H groups in total. The quantitative estimate of drug-likeness (QED) is 0.317. The van der Waals surface area contributed by atoms with Gasteiger partial charge in [0.2, 0.25) is 6.33 Å². The number of nitrogens with zero attached hydrogens (tertiary/aromatic N) is 3. The molecule has 0 aliphatic heterocycles. The second kappa shape index (κ2) is 4.39. The van der Waals surface area contributed by atoms with Crippen molar-refractivity contribution in [3.63, 3.8) is 0 Å². The third kappa shape index (κ3) is 1.53. The molecule has 0 saturated heterocycles. The molecule has 0 spiro atoms. The Morgan fingerprint density at radius 1 is 0.760 bits per heavy atom. The van der Waals surface area contributed by atoms with Crippen molar-refractivity contribution in [1.82, 2.24) is 8.97 Å². The average molecular weight is 321 g/mol. The molecule has 0 bridgehead atoms. The minimum Gasteiger partial charge on any atom is -0.324 e. The number of imidazole rings is 1. The molecule has 0 saturated carbocycles. The van der Waals surface area contributed by atoms with Gasteiger partial charge < -0.3 is 13.5 Å². The molecule has 118 valence electrons. The van der Waals surface area contributed by atoms with Crippen LogP contribution >= 0.6 is 0 Å². The van der Waals surface area contributed by atoms with Crippen molar-refractivity contribution in [2.24, 2.45) is 7.05 Å². The van der Waals surface area contributed by atoms with Gasteiger partial charge in [-0.15, -0.1) is 0 Å². The van der Waals surface area contributed by atoms with Gasteiger partial charge in [-0.2, -0.15) is 0 Å². The molecule has 25 heavy (non-hydrogen) atoms. The molecule has 3 heterocycles. The number of aromatic nitrogens is 3. The summed E-state index contributed by atoms with van der Waals surface area (Å²) in [6.07, 6.45) is 7.42. The molecule has 3 heteroatoms. The molecular formula is C22H15N3. The molecule has 0 unspecified atom stereocenters. The number of benzene rings is 3. The predicted octanol–water partition coefficient (Wildman–Crippen LogP) is 4.25. The van der Waals surface area contributed by atoms with E-state index in [1.807, 2.05) is 17.8 Å². The van der Waals surface area contributed by atoms with Crippen molar-refractivity contribution in [2.75, 3.05) is 0 Å². The highest BCUT2D eigenvalue weighted by Crippen LogP contribution is 2.40. The Hall–Kier alpha value is -3.33. The van der Waals surface area contributed by atoms with Gasteiger partial charge in [0.25, 0.3) is 0 Å². The van der Waals surface area contributed by atoms with E-state index in [0.29, 0.717) is 0 Å². The van der Waals surface area contributed by atoms with Gasteiger partial charge in [-0.3, -0.25) is 0 Å². The molecule has 3 aromatic carbocycles. The SMILES string of the molecule is C[n+]1[c-]n(-c2cccc3c4cccc5c6ccccc6n(c23)c54)cc1. The van der Waals surface area contributed by atoms with Gasteiger partial charge in [0.15, 0.2) is 0 Å². The van der Waals surface area contributed by atoms with E-state index in [9.17, 15) is 0 Å². The maximum absolute atomic E-state index is 3.34. The molecule has 0 amide bonds. The number of aryl methyl sites for hydroxylation is 1. The van der Waals surface area contributed by atoms with E-state index < -0.39 is 0 Å². The minimum absolute atomic E-state index is 1.15. The summed E-state index contributed by atoms with van der Waals surface area (Å²) >= 11 is 0. The molecule has 6 rings (SSSR count). The fourth-order valence-corrected chi connectivity index (χ4v) is 4.18. The van der Waals surface area contributed by atoms with Crippen molar-refractivity contribution in [2.45, 2.75) is 0 Å². The second-order valence-electron chi connectivity index (χ2n) is 6.61. The Labute approximate surface area is 144 Å². The summed E-state index contributed by atoms with van der Waals surface area (Å²) < 4.78 is 6.44. The molecule has 0 aliphatic rings. The number of rotatable bonds is 1. The van der Waals surface area contributed by atoms with Gasteiger partial charge in [0, 0.05) is 33.9 Å². The zero-order chi connectivity index (χ0) is 16.5. The number of para-hydroxylation sites is 3. The lowest BCUT2D eigenvalue weighted by Crippen LogP contribution is -2.24. The molecule has 0 radical (unpaired) electrons. The summed E-state index contributed by atoms with van der Waals surface area (Å²) in [7, 11) is 2.00. The van der Waals surface area contributed by atoms with Crippen LogP contribution in [0.4, 0.5) is 0 Å².